The highest BCUT2D eigenvalue weighted by Crippen LogP contribution is 1.98. The molecule has 1 atom stereocenters. The van der Waals surface area contributed by atoms with Gasteiger partial charge >= 0.3 is 0 Å². The van der Waals surface area contributed by atoms with Gasteiger partial charge in [0.15, 0.2) is 0 Å². The molecule has 0 amide bonds. The molecule has 0 aliphatic rings. The molecule has 14 heavy (non-hydrogen) atoms. The molecule has 0 bridgehead atoms. The number of hydrogen-bond donors (Lipinski definition) is 1. The molecule has 0 radical (unpaired) electrons. The third-order valence-electron chi connectivity index (χ3n) is 1.63. The summed E-state index contributed by atoms with van der Waals surface area (Å²) in [6.07, 6.45) is 1.16. The minimum Gasteiger partial charge on any atom is -0.385 e. The standard InChI is InChI=1S/C8H18ClNO3S/c1-8(9)4-5-10-14(11,12)7-3-6-13-2/h8,10H,3-7H2,1-2H3. The highest BCUT2D eigenvalue weighted by Gasteiger charge is 2.09. The van der Waals surface area contributed by atoms with Crippen molar-refractivity contribution in [3.8, 4) is 0 Å². The fourth-order valence-electron chi connectivity index (χ4n) is 0.879. The predicted molar refractivity (Wildman–Crippen MR) is 58.2 cm³/mol. The van der Waals surface area contributed by atoms with E-state index in [0.717, 1.165) is 0 Å². The minimum atomic E-state index is -3.14. The van der Waals surface area contributed by atoms with Crippen LogP contribution in [0.4, 0.5) is 0 Å². The minimum absolute atomic E-state index is 0.00308. The van der Waals surface area contributed by atoms with E-state index in [1.54, 1.807) is 7.11 Å². The normalized spacial score (nSPS) is 14.2. The molecular formula is C8H18ClNO3S. The third kappa shape index (κ3) is 8.74. The molecule has 1 unspecified atom stereocenters. The van der Waals surface area contributed by atoms with E-state index in [4.69, 9.17) is 16.3 Å². The second-order valence-electron chi connectivity index (χ2n) is 3.13. The molecule has 0 saturated heterocycles. The lowest BCUT2D eigenvalue weighted by atomic mass is 10.3. The molecule has 0 heterocycles. The molecule has 0 aliphatic carbocycles. The highest BCUT2D eigenvalue weighted by molar-refractivity contribution is 7.89. The number of ether oxygens (including phenoxy) is 1. The summed E-state index contributed by atoms with van der Waals surface area (Å²) >= 11 is 5.68. The first-order chi connectivity index (χ1) is 6.48. The maximum Gasteiger partial charge on any atom is 0.211 e. The van der Waals surface area contributed by atoms with Crippen LogP contribution in [-0.2, 0) is 14.8 Å². The van der Waals surface area contributed by atoms with Gasteiger partial charge < -0.3 is 4.74 Å². The Bertz CT molecular complexity index is 229. The van der Waals surface area contributed by atoms with Crippen LogP contribution in [0.1, 0.15) is 19.8 Å². The number of halogens is 1. The fraction of sp³-hybridized carbons (Fsp3) is 1.00. The zero-order valence-electron chi connectivity index (χ0n) is 8.62. The Morgan fingerprint density at radius 2 is 2.14 bits per heavy atom. The molecule has 0 aromatic carbocycles. The lowest BCUT2D eigenvalue weighted by Gasteiger charge is -2.06. The SMILES string of the molecule is COCCCS(=O)(=O)NCCC(C)Cl. The van der Waals surface area contributed by atoms with Crippen LogP contribution in [0.3, 0.4) is 0 Å². The van der Waals surface area contributed by atoms with E-state index < -0.39 is 10.0 Å². The van der Waals surface area contributed by atoms with Crippen LogP contribution in [0, 0.1) is 0 Å². The molecule has 0 spiro atoms. The first-order valence-electron chi connectivity index (χ1n) is 4.58. The lowest BCUT2D eigenvalue weighted by molar-refractivity contribution is 0.199. The Morgan fingerprint density at radius 1 is 1.50 bits per heavy atom. The third-order valence-corrected chi connectivity index (χ3v) is 3.31. The molecule has 1 N–H and O–H groups in total. The summed E-state index contributed by atoms with van der Waals surface area (Å²) in [5.41, 5.74) is 0. The molecule has 0 aliphatic heterocycles. The summed E-state index contributed by atoms with van der Waals surface area (Å²) in [6, 6.07) is 0. The molecule has 0 fully saturated rings. The van der Waals surface area contributed by atoms with Crippen molar-refractivity contribution in [1.82, 2.24) is 4.72 Å². The first-order valence-corrected chi connectivity index (χ1v) is 6.67. The fourth-order valence-corrected chi connectivity index (χ4v) is 2.06. The molecule has 0 saturated carbocycles. The van der Waals surface area contributed by atoms with Crippen molar-refractivity contribution in [3.05, 3.63) is 0 Å². The number of hydrogen-bond acceptors (Lipinski definition) is 3. The second-order valence-corrected chi connectivity index (χ2v) is 5.80. The van der Waals surface area contributed by atoms with Crippen molar-refractivity contribution in [2.75, 3.05) is 26.0 Å². The second kappa shape index (κ2) is 7.45. The van der Waals surface area contributed by atoms with Crippen LogP contribution in [0.5, 0.6) is 0 Å². The zero-order valence-corrected chi connectivity index (χ0v) is 10.2. The maximum atomic E-state index is 11.3. The summed E-state index contributed by atoms with van der Waals surface area (Å²) in [4.78, 5) is 0. The predicted octanol–water partition coefficient (Wildman–Crippen LogP) is 0.960. The van der Waals surface area contributed by atoms with Crippen molar-refractivity contribution >= 4 is 21.6 Å². The molecule has 86 valence electrons. The van der Waals surface area contributed by atoms with Gasteiger partial charge in [-0.05, 0) is 19.8 Å². The largest absolute Gasteiger partial charge is 0.385 e. The van der Waals surface area contributed by atoms with Gasteiger partial charge in [0.05, 0.1) is 5.75 Å². The average molecular weight is 244 g/mol. The van der Waals surface area contributed by atoms with Gasteiger partial charge in [0.25, 0.3) is 0 Å². The number of rotatable bonds is 8. The van der Waals surface area contributed by atoms with Gasteiger partial charge in [-0.2, -0.15) is 0 Å². The smallest absolute Gasteiger partial charge is 0.211 e. The Kier molecular flexibility index (Phi) is 7.54. The average Bonchev–Trinajstić information content (AvgIpc) is 2.03. The number of nitrogens with one attached hydrogen (secondary N) is 1. The quantitative estimate of drug-likeness (QED) is 0.510. The van der Waals surface area contributed by atoms with E-state index in [1.165, 1.54) is 0 Å². The first kappa shape index (κ1) is 14.2. The molecule has 0 aromatic rings. The van der Waals surface area contributed by atoms with Gasteiger partial charge in [0, 0.05) is 25.6 Å². The van der Waals surface area contributed by atoms with E-state index in [-0.39, 0.29) is 11.1 Å². The highest BCUT2D eigenvalue weighted by atomic mass is 35.5. The Balaban J connectivity index is 3.62. The summed E-state index contributed by atoms with van der Waals surface area (Å²) in [7, 11) is -1.59. The van der Waals surface area contributed by atoms with E-state index in [2.05, 4.69) is 4.72 Å². The van der Waals surface area contributed by atoms with Gasteiger partial charge in [-0.3, -0.25) is 0 Å². The van der Waals surface area contributed by atoms with Crippen molar-refractivity contribution in [3.63, 3.8) is 0 Å². The number of alkyl halides is 1. The van der Waals surface area contributed by atoms with Gasteiger partial charge in [-0.15, -0.1) is 11.6 Å². The lowest BCUT2D eigenvalue weighted by Crippen LogP contribution is -2.28. The zero-order chi connectivity index (χ0) is 11.0. The Labute approximate surface area is 91.0 Å². The number of sulfonamides is 1. The van der Waals surface area contributed by atoms with E-state index in [1.807, 2.05) is 6.92 Å². The maximum absolute atomic E-state index is 11.3. The van der Waals surface area contributed by atoms with Crippen molar-refractivity contribution in [2.24, 2.45) is 0 Å². The van der Waals surface area contributed by atoms with E-state index >= 15 is 0 Å². The molecule has 0 aromatic heterocycles. The summed E-state index contributed by atoms with van der Waals surface area (Å²) in [5, 5.41) is -0.00308. The topological polar surface area (TPSA) is 55.4 Å². The Hall–Kier alpha value is 0.160. The van der Waals surface area contributed by atoms with Crippen LogP contribution in [0.15, 0.2) is 0 Å². The van der Waals surface area contributed by atoms with Crippen molar-refractivity contribution in [1.29, 1.82) is 0 Å². The monoisotopic (exact) mass is 243 g/mol. The molecular weight excluding hydrogens is 226 g/mol. The van der Waals surface area contributed by atoms with Crippen LogP contribution >= 0.6 is 11.6 Å². The van der Waals surface area contributed by atoms with Crippen LogP contribution < -0.4 is 4.72 Å². The van der Waals surface area contributed by atoms with Gasteiger partial charge in [-0.25, -0.2) is 13.1 Å². The molecule has 6 heteroatoms. The number of methoxy groups -OCH3 is 1. The van der Waals surface area contributed by atoms with Gasteiger partial charge in [-0.1, -0.05) is 0 Å². The van der Waals surface area contributed by atoms with Crippen LogP contribution in [0.25, 0.3) is 0 Å². The van der Waals surface area contributed by atoms with Gasteiger partial charge in [0.1, 0.15) is 0 Å². The van der Waals surface area contributed by atoms with Crippen molar-refractivity contribution < 1.29 is 13.2 Å². The van der Waals surface area contributed by atoms with Crippen molar-refractivity contribution in [2.45, 2.75) is 25.1 Å². The van der Waals surface area contributed by atoms with Crippen LogP contribution in [-0.4, -0.2) is 39.8 Å². The summed E-state index contributed by atoms with van der Waals surface area (Å²) in [5.74, 6) is 0.109. The molecule has 0 rings (SSSR count). The summed E-state index contributed by atoms with van der Waals surface area (Å²) in [6.45, 7) is 2.70. The summed E-state index contributed by atoms with van der Waals surface area (Å²) < 4.78 is 29.8. The van der Waals surface area contributed by atoms with E-state index in [9.17, 15) is 8.42 Å². The van der Waals surface area contributed by atoms with Crippen LogP contribution in [0.2, 0.25) is 0 Å². The van der Waals surface area contributed by atoms with Gasteiger partial charge in [0.2, 0.25) is 10.0 Å². The Morgan fingerprint density at radius 3 is 2.64 bits per heavy atom. The van der Waals surface area contributed by atoms with E-state index in [0.29, 0.717) is 26.0 Å². The molecule has 4 nitrogen and oxygen atoms in total.